The summed E-state index contributed by atoms with van der Waals surface area (Å²) < 4.78 is 5.73. The molecule has 1 unspecified atom stereocenters. The van der Waals surface area contributed by atoms with E-state index in [4.69, 9.17) is 4.74 Å². The van der Waals surface area contributed by atoms with E-state index in [1.165, 1.54) is 5.09 Å². The van der Waals surface area contributed by atoms with Gasteiger partial charge in [0.2, 0.25) is 0 Å². The quantitative estimate of drug-likeness (QED) is 0.547. The first-order chi connectivity index (χ1) is 5.02. The van der Waals surface area contributed by atoms with Crippen molar-refractivity contribution in [2.24, 2.45) is 5.92 Å². The first-order valence-electron chi connectivity index (χ1n) is 4.65. The Morgan fingerprint density at radius 1 is 1.45 bits per heavy atom. The van der Waals surface area contributed by atoms with Gasteiger partial charge in [0, 0.05) is 0 Å². The molecule has 11 heavy (non-hydrogen) atoms. The third-order valence-electron chi connectivity index (χ3n) is 2.31. The topological polar surface area (TPSA) is 9.23 Å². The SMILES string of the molecule is [Li][CH2]C(C)COC(C)(C)CC. The minimum absolute atomic E-state index is 0.0728. The van der Waals surface area contributed by atoms with Gasteiger partial charge in [-0.25, -0.2) is 0 Å². The second kappa shape index (κ2) is 5.25. The van der Waals surface area contributed by atoms with Crippen LogP contribution < -0.4 is 0 Å². The fourth-order valence-corrected chi connectivity index (χ4v) is 0.588. The molecule has 0 spiro atoms. The summed E-state index contributed by atoms with van der Waals surface area (Å²) in [6, 6.07) is 0. The molecule has 0 aliphatic rings. The fourth-order valence-electron chi connectivity index (χ4n) is 0.588. The van der Waals surface area contributed by atoms with Crippen LogP contribution in [0.3, 0.4) is 0 Å². The molecule has 2 heteroatoms. The Hall–Kier alpha value is 0.557. The van der Waals surface area contributed by atoms with Crippen molar-refractivity contribution in [3.05, 3.63) is 0 Å². The summed E-state index contributed by atoms with van der Waals surface area (Å²) in [4.78, 5) is 0. The molecule has 1 atom stereocenters. The summed E-state index contributed by atoms with van der Waals surface area (Å²) in [5, 5.41) is 1.21. The average molecular weight is 150 g/mol. The van der Waals surface area contributed by atoms with E-state index in [1.54, 1.807) is 0 Å². The molecule has 0 N–H and O–H groups in total. The molecule has 0 aliphatic carbocycles. The van der Waals surface area contributed by atoms with E-state index in [9.17, 15) is 0 Å². The predicted octanol–water partition coefficient (Wildman–Crippen LogP) is 2.41. The summed E-state index contributed by atoms with van der Waals surface area (Å²) in [5.74, 6) is 0.695. The van der Waals surface area contributed by atoms with Crippen LogP contribution in [0.5, 0.6) is 0 Å². The van der Waals surface area contributed by atoms with Crippen molar-refractivity contribution in [1.82, 2.24) is 0 Å². The molecular formula is C9H19LiO. The number of rotatable bonds is 5. The van der Waals surface area contributed by atoms with Gasteiger partial charge in [0.25, 0.3) is 0 Å². The molecule has 0 aliphatic heterocycles. The Bertz CT molecular complexity index is 102. The second-order valence-electron chi connectivity index (χ2n) is 3.94. The van der Waals surface area contributed by atoms with Gasteiger partial charge in [-0.3, -0.25) is 0 Å². The molecular weight excluding hydrogens is 131 g/mol. The van der Waals surface area contributed by atoms with Crippen molar-refractivity contribution in [3.8, 4) is 0 Å². The average Bonchev–Trinajstić information content (AvgIpc) is 2.00. The first kappa shape index (κ1) is 11.6. The molecule has 0 aromatic rings. The molecule has 0 rings (SSSR count). The van der Waals surface area contributed by atoms with Gasteiger partial charge in [-0.1, -0.05) is 0 Å². The van der Waals surface area contributed by atoms with Crippen molar-refractivity contribution in [2.75, 3.05) is 6.61 Å². The van der Waals surface area contributed by atoms with Crippen molar-refractivity contribution in [3.63, 3.8) is 0 Å². The molecule has 0 heterocycles. The Morgan fingerprint density at radius 3 is 2.36 bits per heavy atom. The molecule has 0 amide bonds. The van der Waals surface area contributed by atoms with Gasteiger partial charge in [-0.2, -0.15) is 0 Å². The molecule has 1 nitrogen and oxygen atoms in total. The normalized spacial score (nSPS) is 15.1. The van der Waals surface area contributed by atoms with Crippen molar-refractivity contribution in [1.29, 1.82) is 0 Å². The van der Waals surface area contributed by atoms with E-state index < -0.39 is 0 Å². The van der Waals surface area contributed by atoms with E-state index in [0.29, 0.717) is 5.92 Å². The molecule has 0 saturated carbocycles. The standard InChI is InChI=1S/C9H19O.Li/c1-6-9(4,5)10-7-8(2)3;/h8H,2,6-7H2,1,3-5H3;. The van der Waals surface area contributed by atoms with Gasteiger partial charge in [-0.05, 0) is 0 Å². The summed E-state index contributed by atoms with van der Waals surface area (Å²) in [7, 11) is 0. The van der Waals surface area contributed by atoms with E-state index in [1.807, 2.05) is 0 Å². The van der Waals surface area contributed by atoms with Crippen molar-refractivity contribution < 1.29 is 4.74 Å². The predicted molar refractivity (Wildman–Crippen MR) is 50.0 cm³/mol. The molecule has 62 valence electrons. The van der Waals surface area contributed by atoms with Crippen molar-refractivity contribution >= 4 is 17.7 Å². The van der Waals surface area contributed by atoms with E-state index in [-0.39, 0.29) is 5.60 Å². The second-order valence-corrected chi connectivity index (χ2v) is 3.94. The Labute approximate surface area is 80.1 Å². The maximum absolute atomic E-state index is 5.73. The van der Waals surface area contributed by atoms with Gasteiger partial charge in [0.05, 0.1) is 0 Å². The van der Waals surface area contributed by atoms with Gasteiger partial charge >= 0.3 is 79.8 Å². The van der Waals surface area contributed by atoms with Crippen LogP contribution in [0.2, 0.25) is 5.09 Å². The van der Waals surface area contributed by atoms with Crippen LogP contribution in [-0.2, 0) is 4.74 Å². The summed E-state index contributed by atoms with van der Waals surface area (Å²) in [6.45, 7) is 9.59. The zero-order valence-corrected chi connectivity index (χ0v) is 8.61. The monoisotopic (exact) mass is 150 g/mol. The Kier molecular flexibility index (Phi) is 5.51. The van der Waals surface area contributed by atoms with Gasteiger partial charge in [-0.15, -0.1) is 0 Å². The van der Waals surface area contributed by atoms with Gasteiger partial charge in [0.1, 0.15) is 0 Å². The minimum atomic E-state index is 0.0728. The number of ether oxygens (including phenoxy) is 1. The zero-order chi connectivity index (χ0) is 8.91. The van der Waals surface area contributed by atoms with E-state index in [0.717, 1.165) is 13.0 Å². The van der Waals surface area contributed by atoms with Crippen LogP contribution in [0.1, 0.15) is 34.1 Å². The van der Waals surface area contributed by atoms with Crippen LogP contribution in [0.4, 0.5) is 0 Å². The van der Waals surface area contributed by atoms with E-state index in [2.05, 4.69) is 45.4 Å². The van der Waals surface area contributed by atoms with E-state index >= 15 is 0 Å². The van der Waals surface area contributed by atoms with Crippen LogP contribution in [-0.4, -0.2) is 29.9 Å². The third-order valence-corrected chi connectivity index (χ3v) is 2.31. The molecule has 0 saturated heterocycles. The summed E-state index contributed by atoms with van der Waals surface area (Å²) in [6.07, 6.45) is 1.09. The van der Waals surface area contributed by atoms with Crippen molar-refractivity contribution in [2.45, 2.75) is 44.8 Å². The first-order valence-corrected chi connectivity index (χ1v) is 4.65. The number of hydrogen-bond acceptors (Lipinski definition) is 1. The van der Waals surface area contributed by atoms with Crippen LogP contribution >= 0.6 is 0 Å². The molecule has 0 fully saturated rings. The molecule has 0 radical (unpaired) electrons. The molecule has 0 bridgehead atoms. The summed E-state index contributed by atoms with van der Waals surface area (Å²) >= 11 is 2.20. The van der Waals surface area contributed by atoms with Crippen LogP contribution in [0, 0.1) is 5.92 Å². The van der Waals surface area contributed by atoms with Gasteiger partial charge in [0.15, 0.2) is 0 Å². The van der Waals surface area contributed by atoms with Crippen LogP contribution in [0.15, 0.2) is 0 Å². The third kappa shape index (κ3) is 5.79. The number of hydrogen-bond donors (Lipinski definition) is 0. The summed E-state index contributed by atoms with van der Waals surface area (Å²) in [5.41, 5.74) is 0.0728. The maximum atomic E-state index is 5.73. The Balaban J connectivity index is 3.52. The molecule has 0 aromatic carbocycles. The Morgan fingerprint density at radius 2 is 2.00 bits per heavy atom. The van der Waals surface area contributed by atoms with Crippen LogP contribution in [0.25, 0.3) is 0 Å². The molecule has 0 aromatic heterocycles. The zero-order valence-electron chi connectivity index (χ0n) is 8.61. The fraction of sp³-hybridized carbons (Fsp3) is 1.00. The van der Waals surface area contributed by atoms with Gasteiger partial charge < -0.3 is 0 Å².